The summed E-state index contributed by atoms with van der Waals surface area (Å²) >= 11 is 0. The summed E-state index contributed by atoms with van der Waals surface area (Å²) in [7, 11) is 0. The molecule has 1 amide bonds. The van der Waals surface area contributed by atoms with Crippen molar-refractivity contribution in [1.82, 2.24) is 0 Å². The minimum atomic E-state index is -0.841. The lowest BCUT2D eigenvalue weighted by atomic mass is 9.89. The lowest BCUT2D eigenvalue weighted by molar-refractivity contribution is -0.139. The third kappa shape index (κ3) is 2.46. The van der Waals surface area contributed by atoms with Gasteiger partial charge >= 0.3 is 5.97 Å². The quantitative estimate of drug-likeness (QED) is 0.857. The van der Waals surface area contributed by atoms with Gasteiger partial charge in [0.2, 0.25) is 5.91 Å². The van der Waals surface area contributed by atoms with Gasteiger partial charge in [-0.3, -0.25) is 9.59 Å². The zero-order valence-electron chi connectivity index (χ0n) is 10.9. The van der Waals surface area contributed by atoms with Crippen molar-refractivity contribution in [2.75, 3.05) is 18.0 Å². The third-order valence-electron chi connectivity index (χ3n) is 3.58. The number of fused-ring (bicyclic) bond motifs is 1. The van der Waals surface area contributed by atoms with Crippen molar-refractivity contribution in [2.45, 2.75) is 19.3 Å². The van der Waals surface area contributed by atoms with Crippen LogP contribution in [0, 0.1) is 5.92 Å². The van der Waals surface area contributed by atoms with Gasteiger partial charge in [-0.15, -0.1) is 0 Å². The molecule has 2 rings (SSSR count). The normalized spacial score (nSPS) is 19.7. The molecule has 5 nitrogen and oxygen atoms in total. The van der Waals surface area contributed by atoms with E-state index < -0.39 is 11.9 Å². The number of carbonyl (C=O) groups excluding carboxylic acids is 1. The van der Waals surface area contributed by atoms with Crippen LogP contribution >= 0.6 is 0 Å². The van der Waals surface area contributed by atoms with Gasteiger partial charge in [0.05, 0.1) is 5.92 Å². The van der Waals surface area contributed by atoms with E-state index in [0.29, 0.717) is 30.8 Å². The second-order valence-electron chi connectivity index (χ2n) is 4.86. The molecule has 1 aliphatic heterocycles. The molecule has 0 fully saturated rings. The average Bonchev–Trinajstić information content (AvgIpc) is 2.44. The Morgan fingerprint density at radius 3 is 2.79 bits per heavy atom. The minimum absolute atomic E-state index is 0.0428. The summed E-state index contributed by atoms with van der Waals surface area (Å²) in [5, 5.41) is 9.24. The number of nitrogens with two attached hydrogens (primary N) is 1. The van der Waals surface area contributed by atoms with E-state index in [9.17, 15) is 14.7 Å². The first-order chi connectivity index (χ1) is 9.06. The molecule has 5 heteroatoms. The first-order valence-electron chi connectivity index (χ1n) is 6.39. The highest BCUT2D eigenvalue weighted by Crippen LogP contribution is 2.35. The van der Waals surface area contributed by atoms with Gasteiger partial charge in [-0.25, -0.2) is 0 Å². The highest BCUT2D eigenvalue weighted by molar-refractivity contribution is 5.97. The summed E-state index contributed by atoms with van der Waals surface area (Å²) in [6.07, 6.45) is 0.440. The van der Waals surface area contributed by atoms with E-state index in [-0.39, 0.29) is 11.8 Å². The molecule has 0 radical (unpaired) electrons. The number of carboxylic acid groups (broad SMARTS) is 1. The predicted molar refractivity (Wildman–Crippen MR) is 72.0 cm³/mol. The second-order valence-corrected chi connectivity index (χ2v) is 4.86. The van der Waals surface area contributed by atoms with Crippen LogP contribution < -0.4 is 10.6 Å². The molecule has 0 spiro atoms. The van der Waals surface area contributed by atoms with E-state index in [1.165, 1.54) is 0 Å². The lowest BCUT2D eigenvalue weighted by Gasteiger charge is -2.34. The van der Waals surface area contributed by atoms with Gasteiger partial charge in [-0.2, -0.15) is 0 Å². The number of nitrogens with zero attached hydrogens (tertiary/aromatic N) is 1. The molecule has 1 aromatic rings. The monoisotopic (exact) mass is 262 g/mol. The Bertz CT molecular complexity index is 501. The van der Waals surface area contributed by atoms with E-state index in [2.05, 4.69) is 0 Å². The fourth-order valence-corrected chi connectivity index (χ4v) is 2.41. The molecule has 19 heavy (non-hydrogen) atoms. The first-order valence-corrected chi connectivity index (χ1v) is 6.39. The molecular formula is C14H18N2O3. The number of anilines is 1. The van der Waals surface area contributed by atoms with Gasteiger partial charge in [0.1, 0.15) is 0 Å². The molecule has 2 atom stereocenters. The molecule has 0 bridgehead atoms. The van der Waals surface area contributed by atoms with Gasteiger partial charge < -0.3 is 15.7 Å². The van der Waals surface area contributed by atoms with E-state index in [1.54, 1.807) is 30.0 Å². The highest BCUT2D eigenvalue weighted by atomic mass is 16.4. The smallest absolute Gasteiger partial charge is 0.311 e. The molecule has 1 aliphatic rings. The maximum absolute atomic E-state index is 12.3. The fraction of sp³-hybridized carbons (Fsp3) is 0.429. The summed E-state index contributed by atoms with van der Waals surface area (Å²) < 4.78 is 0. The van der Waals surface area contributed by atoms with Crippen LogP contribution in [0.4, 0.5) is 5.69 Å². The van der Waals surface area contributed by atoms with E-state index in [1.807, 2.05) is 6.07 Å². The average molecular weight is 262 g/mol. The molecule has 3 N–H and O–H groups in total. The molecule has 1 aromatic carbocycles. The zero-order chi connectivity index (χ0) is 14.0. The number of carboxylic acids is 1. The van der Waals surface area contributed by atoms with E-state index in [0.717, 1.165) is 0 Å². The maximum atomic E-state index is 12.3. The van der Waals surface area contributed by atoms with Crippen molar-refractivity contribution < 1.29 is 14.7 Å². The number of hydrogen-bond donors (Lipinski definition) is 2. The maximum Gasteiger partial charge on any atom is 0.311 e. The Morgan fingerprint density at radius 1 is 1.47 bits per heavy atom. The summed E-state index contributed by atoms with van der Waals surface area (Å²) in [5.74, 6) is -1.67. The largest absolute Gasteiger partial charge is 0.481 e. The van der Waals surface area contributed by atoms with Crippen molar-refractivity contribution in [2.24, 2.45) is 11.7 Å². The number of amides is 1. The molecule has 0 saturated carbocycles. The number of carbonyl (C=O) groups is 2. The fourth-order valence-electron chi connectivity index (χ4n) is 2.41. The van der Waals surface area contributed by atoms with Crippen molar-refractivity contribution in [3.63, 3.8) is 0 Å². The van der Waals surface area contributed by atoms with Crippen molar-refractivity contribution >= 4 is 17.6 Å². The lowest BCUT2D eigenvalue weighted by Crippen LogP contribution is -2.42. The van der Waals surface area contributed by atoms with Crippen LogP contribution in [0.5, 0.6) is 0 Å². The number of benzene rings is 1. The standard InChI is InChI=1S/C14H18N2O3/c1-9(8-15)13(17)16-7-6-11(14(18)19)10-4-2-3-5-12(10)16/h2-5,9,11H,6-8,15H2,1H3,(H,18,19). The number of para-hydroxylation sites is 1. The SMILES string of the molecule is CC(CN)C(=O)N1CCC(C(=O)O)c2ccccc21. The van der Waals surface area contributed by atoms with Crippen LogP contribution in [0.3, 0.4) is 0 Å². The Labute approximate surface area is 112 Å². The first kappa shape index (κ1) is 13.5. The van der Waals surface area contributed by atoms with Crippen LogP contribution in [0.1, 0.15) is 24.8 Å². The van der Waals surface area contributed by atoms with Crippen molar-refractivity contribution in [1.29, 1.82) is 0 Å². The van der Waals surface area contributed by atoms with Crippen LogP contribution in [-0.4, -0.2) is 30.1 Å². The van der Waals surface area contributed by atoms with E-state index >= 15 is 0 Å². The highest BCUT2D eigenvalue weighted by Gasteiger charge is 2.33. The van der Waals surface area contributed by atoms with Gasteiger partial charge in [-0.1, -0.05) is 25.1 Å². The zero-order valence-corrected chi connectivity index (χ0v) is 10.9. The summed E-state index contributed by atoms with van der Waals surface area (Å²) in [6, 6.07) is 7.19. The van der Waals surface area contributed by atoms with Crippen LogP contribution in [0.25, 0.3) is 0 Å². The summed E-state index contributed by atoms with van der Waals surface area (Å²) in [4.78, 5) is 25.2. The summed E-state index contributed by atoms with van der Waals surface area (Å²) in [5.41, 5.74) is 6.94. The van der Waals surface area contributed by atoms with Crippen molar-refractivity contribution in [3.05, 3.63) is 29.8 Å². The Hall–Kier alpha value is -1.88. The molecule has 0 aliphatic carbocycles. The number of hydrogen-bond acceptors (Lipinski definition) is 3. The number of aliphatic carboxylic acids is 1. The molecule has 2 unspecified atom stereocenters. The van der Waals surface area contributed by atoms with Gasteiger partial charge in [0.15, 0.2) is 0 Å². The predicted octanol–water partition coefficient (Wildman–Crippen LogP) is 1.19. The van der Waals surface area contributed by atoms with Gasteiger partial charge in [-0.05, 0) is 18.1 Å². The molecule has 102 valence electrons. The minimum Gasteiger partial charge on any atom is -0.481 e. The van der Waals surface area contributed by atoms with Crippen LogP contribution in [0.2, 0.25) is 0 Å². The topological polar surface area (TPSA) is 83.6 Å². The van der Waals surface area contributed by atoms with E-state index in [4.69, 9.17) is 5.73 Å². The van der Waals surface area contributed by atoms with Crippen molar-refractivity contribution in [3.8, 4) is 0 Å². The van der Waals surface area contributed by atoms with Crippen LogP contribution in [-0.2, 0) is 9.59 Å². The van der Waals surface area contributed by atoms with Gasteiger partial charge in [0, 0.05) is 24.7 Å². The second kappa shape index (κ2) is 5.40. The third-order valence-corrected chi connectivity index (χ3v) is 3.58. The Kier molecular flexibility index (Phi) is 3.85. The van der Waals surface area contributed by atoms with Gasteiger partial charge in [0.25, 0.3) is 0 Å². The Morgan fingerprint density at radius 2 is 2.16 bits per heavy atom. The molecular weight excluding hydrogens is 244 g/mol. The van der Waals surface area contributed by atoms with Crippen LogP contribution in [0.15, 0.2) is 24.3 Å². The summed E-state index contributed by atoms with van der Waals surface area (Å²) in [6.45, 7) is 2.51. The molecule has 1 heterocycles. The number of rotatable bonds is 3. The molecule has 0 saturated heterocycles. The Balaban J connectivity index is 2.38. The molecule has 0 aromatic heterocycles.